The minimum atomic E-state index is -1.06. The van der Waals surface area contributed by atoms with E-state index in [9.17, 15) is 8.60 Å². The number of nitrogens with two attached hydrogens (primary N) is 1. The van der Waals surface area contributed by atoms with Gasteiger partial charge in [0, 0.05) is 28.0 Å². The van der Waals surface area contributed by atoms with Crippen LogP contribution in [-0.2, 0) is 22.3 Å². The molecule has 94 valence electrons. The second-order valence-corrected chi connectivity index (χ2v) is 5.56. The molecule has 0 spiro atoms. The summed E-state index contributed by atoms with van der Waals surface area (Å²) in [5.41, 5.74) is 7.59. The van der Waals surface area contributed by atoms with Crippen LogP contribution in [0.2, 0.25) is 0 Å². The number of nitrogen functional groups attached to an aromatic ring is 1. The first-order valence-corrected chi connectivity index (χ1v) is 7.06. The Morgan fingerprint density at radius 3 is 2.33 bits per heavy atom. The van der Waals surface area contributed by atoms with E-state index in [4.69, 9.17) is 5.73 Å². The molecule has 1 unspecified atom stereocenters. The van der Waals surface area contributed by atoms with Crippen LogP contribution in [0.5, 0.6) is 0 Å². The van der Waals surface area contributed by atoms with Crippen LogP contribution in [0.4, 0.5) is 10.1 Å². The van der Waals surface area contributed by atoms with Crippen LogP contribution in [0, 0.1) is 5.82 Å². The van der Waals surface area contributed by atoms with Gasteiger partial charge >= 0.3 is 0 Å². The molecular weight excluding hydrogens is 249 g/mol. The number of anilines is 1. The third-order valence-corrected chi connectivity index (χ3v) is 3.79. The highest BCUT2D eigenvalue weighted by Crippen LogP contribution is 2.14. The number of hydrogen-bond acceptors (Lipinski definition) is 2. The molecule has 2 rings (SSSR count). The van der Waals surface area contributed by atoms with Crippen LogP contribution in [0.1, 0.15) is 11.1 Å². The third kappa shape index (κ3) is 3.67. The van der Waals surface area contributed by atoms with E-state index in [0.717, 1.165) is 5.56 Å². The van der Waals surface area contributed by atoms with E-state index in [-0.39, 0.29) is 5.82 Å². The van der Waals surface area contributed by atoms with E-state index in [0.29, 0.717) is 22.8 Å². The van der Waals surface area contributed by atoms with Gasteiger partial charge in [0.25, 0.3) is 0 Å². The van der Waals surface area contributed by atoms with Crippen molar-refractivity contribution in [2.45, 2.75) is 11.5 Å². The number of halogens is 1. The van der Waals surface area contributed by atoms with E-state index in [2.05, 4.69) is 0 Å². The summed E-state index contributed by atoms with van der Waals surface area (Å²) in [4.78, 5) is 0. The molecule has 2 N–H and O–H groups in total. The summed E-state index contributed by atoms with van der Waals surface area (Å²) in [6.07, 6.45) is 0. The summed E-state index contributed by atoms with van der Waals surface area (Å²) in [5, 5.41) is 0. The predicted octanol–water partition coefficient (Wildman–Crippen LogP) is 2.86. The first-order chi connectivity index (χ1) is 8.63. The van der Waals surface area contributed by atoms with Gasteiger partial charge in [0.2, 0.25) is 0 Å². The normalized spacial score (nSPS) is 12.3. The van der Waals surface area contributed by atoms with Crippen molar-refractivity contribution >= 4 is 16.5 Å². The van der Waals surface area contributed by atoms with E-state index in [1.807, 2.05) is 30.3 Å². The maximum atomic E-state index is 13.1. The summed E-state index contributed by atoms with van der Waals surface area (Å²) in [6, 6.07) is 13.9. The van der Waals surface area contributed by atoms with Crippen LogP contribution < -0.4 is 5.73 Å². The molecular formula is C14H14FNOS. The molecule has 2 nitrogen and oxygen atoms in total. The Bertz CT molecular complexity index is 537. The van der Waals surface area contributed by atoms with Gasteiger partial charge in [0.15, 0.2) is 0 Å². The molecule has 2 aromatic rings. The lowest BCUT2D eigenvalue weighted by molar-refractivity contribution is 0.627. The van der Waals surface area contributed by atoms with Crippen LogP contribution in [0.3, 0.4) is 0 Å². The predicted molar refractivity (Wildman–Crippen MR) is 72.8 cm³/mol. The molecule has 2 aromatic carbocycles. The highest BCUT2D eigenvalue weighted by atomic mass is 32.2. The van der Waals surface area contributed by atoms with Crippen molar-refractivity contribution < 1.29 is 8.60 Å². The highest BCUT2D eigenvalue weighted by molar-refractivity contribution is 7.83. The Labute approximate surface area is 108 Å². The van der Waals surface area contributed by atoms with Crippen molar-refractivity contribution in [1.82, 2.24) is 0 Å². The molecule has 0 aromatic heterocycles. The molecule has 0 saturated carbocycles. The highest BCUT2D eigenvalue weighted by Gasteiger charge is 2.05. The molecule has 4 heteroatoms. The summed E-state index contributed by atoms with van der Waals surface area (Å²) in [6.45, 7) is 0. The van der Waals surface area contributed by atoms with Crippen molar-refractivity contribution in [3.05, 3.63) is 65.5 Å². The number of benzene rings is 2. The SMILES string of the molecule is Nc1cc(F)cc(CS(=O)Cc2ccccc2)c1. The zero-order valence-corrected chi connectivity index (χ0v) is 10.6. The van der Waals surface area contributed by atoms with E-state index < -0.39 is 10.8 Å². The van der Waals surface area contributed by atoms with Gasteiger partial charge in [-0.2, -0.15) is 0 Å². The zero-order valence-electron chi connectivity index (χ0n) is 9.80. The average molecular weight is 263 g/mol. The molecule has 0 radical (unpaired) electrons. The first-order valence-electron chi connectivity index (χ1n) is 5.57. The van der Waals surface area contributed by atoms with Gasteiger partial charge < -0.3 is 5.73 Å². The van der Waals surface area contributed by atoms with Crippen molar-refractivity contribution in [1.29, 1.82) is 0 Å². The molecule has 0 bridgehead atoms. The van der Waals surface area contributed by atoms with Crippen molar-refractivity contribution in [2.24, 2.45) is 0 Å². The van der Waals surface area contributed by atoms with Gasteiger partial charge in [-0.3, -0.25) is 4.21 Å². The molecule has 0 amide bonds. The van der Waals surface area contributed by atoms with Crippen molar-refractivity contribution in [3.8, 4) is 0 Å². The largest absolute Gasteiger partial charge is 0.399 e. The summed E-state index contributed by atoms with van der Waals surface area (Å²) >= 11 is 0. The van der Waals surface area contributed by atoms with Gasteiger partial charge in [-0.25, -0.2) is 4.39 Å². The first kappa shape index (κ1) is 12.8. The molecule has 0 aliphatic rings. The van der Waals surface area contributed by atoms with Gasteiger partial charge in [-0.05, 0) is 29.3 Å². The van der Waals surface area contributed by atoms with Crippen LogP contribution in [0.25, 0.3) is 0 Å². The minimum Gasteiger partial charge on any atom is -0.399 e. The van der Waals surface area contributed by atoms with Crippen LogP contribution >= 0.6 is 0 Å². The van der Waals surface area contributed by atoms with Crippen molar-refractivity contribution in [2.75, 3.05) is 5.73 Å². The Kier molecular flexibility index (Phi) is 4.10. The van der Waals surface area contributed by atoms with E-state index >= 15 is 0 Å². The fourth-order valence-corrected chi connectivity index (χ4v) is 2.96. The number of rotatable bonds is 4. The molecule has 1 atom stereocenters. The maximum absolute atomic E-state index is 13.1. The van der Waals surface area contributed by atoms with E-state index in [1.54, 1.807) is 6.07 Å². The molecule has 0 saturated heterocycles. The monoisotopic (exact) mass is 263 g/mol. The molecule has 0 aliphatic heterocycles. The fraction of sp³-hybridized carbons (Fsp3) is 0.143. The van der Waals surface area contributed by atoms with Gasteiger partial charge in [0.05, 0.1) is 0 Å². The Morgan fingerprint density at radius 1 is 1.00 bits per heavy atom. The summed E-state index contributed by atoms with van der Waals surface area (Å²) in [7, 11) is -1.06. The van der Waals surface area contributed by atoms with Crippen LogP contribution in [-0.4, -0.2) is 4.21 Å². The summed E-state index contributed by atoms with van der Waals surface area (Å²) in [5.74, 6) is 0.399. The Hall–Kier alpha value is -1.68. The molecule has 0 heterocycles. The number of hydrogen-bond donors (Lipinski definition) is 1. The average Bonchev–Trinajstić information content (AvgIpc) is 2.28. The minimum absolute atomic E-state index is 0.316. The maximum Gasteiger partial charge on any atom is 0.125 e. The van der Waals surface area contributed by atoms with Gasteiger partial charge in [-0.15, -0.1) is 0 Å². The topological polar surface area (TPSA) is 43.1 Å². The van der Waals surface area contributed by atoms with Gasteiger partial charge in [0.1, 0.15) is 5.82 Å². The lowest BCUT2D eigenvalue weighted by atomic mass is 10.2. The molecule has 0 fully saturated rings. The van der Waals surface area contributed by atoms with Crippen LogP contribution in [0.15, 0.2) is 48.5 Å². The Morgan fingerprint density at radius 2 is 1.67 bits per heavy atom. The smallest absolute Gasteiger partial charge is 0.125 e. The standard InChI is InChI=1S/C14H14FNOS/c15-13-6-12(7-14(16)8-13)10-18(17)9-11-4-2-1-3-5-11/h1-8H,9-10,16H2. The lowest BCUT2D eigenvalue weighted by Crippen LogP contribution is -2.00. The van der Waals surface area contributed by atoms with Crippen molar-refractivity contribution in [3.63, 3.8) is 0 Å². The zero-order chi connectivity index (χ0) is 13.0. The fourth-order valence-electron chi connectivity index (χ4n) is 1.76. The van der Waals surface area contributed by atoms with Gasteiger partial charge in [-0.1, -0.05) is 30.3 Å². The lowest BCUT2D eigenvalue weighted by Gasteiger charge is -2.04. The molecule has 18 heavy (non-hydrogen) atoms. The second kappa shape index (κ2) is 5.78. The molecule has 0 aliphatic carbocycles. The second-order valence-electron chi connectivity index (χ2n) is 4.11. The Balaban J connectivity index is 2.03. The van der Waals surface area contributed by atoms with E-state index in [1.165, 1.54) is 12.1 Å². The quantitative estimate of drug-likeness (QED) is 0.862. The summed E-state index contributed by atoms with van der Waals surface area (Å²) < 4.78 is 25.1. The third-order valence-electron chi connectivity index (χ3n) is 2.48.